The van der Waals surface area contributed by atoms with Crippen LogP contribution < -0.4 is 9.64 Å². The maximum Gasteiger partial charge on any atom is 0.413 e. The van der Waals surface area contributed by atoms with Crippen LogP contribution in [0.25, 0.3) is 11.0 Å². The van der Waals surface area contributed by atoms with Gasteiger partial charge in [0, 0.05) is 47.4 Å². The third-order valence-electron chi connectivity index (χ3n) is 4.61. The average molecular weight is 438 g/mol. The number of rotatable bonds is 6. The molecule has 0 unspecified atom stereocenters. The molecule has 0 fully saturated rings. The zero-order valence-corrected chi connectivity index (χ0v) is 17.0. The van der Waals surface area contributed by atoms with E-state index >= 15 is 0 Å². The number of fused-ring (bicyclic) bond motifs is 1. The summed E-state index contributed by atoms with van der Waals surface area (Å²) in [4.78, 5) is 41.1. The van der Waals surface area contributed by atoms with Crippen LogP contribution in [0.2, 0.25) is 5.02 Å². The van der Waals surface area contributed by atoms with Crippen molar-refractivity contribution in [2.24, 2.45) is 0 Å². The number of hydrogen-bond acceptors (Lipinski definition) is 6. The highest BCUT2D eigenvalue weighted by molar-refractivity contribution is 6.31. The summed E-state index contributed by atoms with van der Waals surface area (Å²) < 4.78 is 5.01. The van der Waals surface area contributed by atoms with Crippen LogP contribution in [-0.4, -0.2) is 44.0 Å². The Bertz CT molecular complexity index is 1260. The highest BCUT2D eigenvalue weighted by atomic mass is 35.5. The number of anilines is 1. The molecule has 0 spiro atoms. The van der Waals surface area contributed by atoms with Crippen LogP contribution in [0.5, 0.6) is 5.88 Å². The molecule has 0 saturated heterocycles. The summed E-state index contributed by atoms with van der Waals surface area (Å²) in [5.74, 6) is 0.333. The minimum Gasteiger partial charge on any atom is -0.481 e. The maximum atomic E-state index is 12.9. The Hall–Kier alpha value is -3.98. The molecule has 1 amide bonds. The molecule has 0 aromatic carbocycles. The molecule has 156 valence electrons. The van der Waals surface area contributed by atoms with E-state index in [-0.39, 0.29) is 18.1 Å². The number of amides is 1. The fourth-order valence-electron chi connectivity index (χ4n) is 3.06. The van der Waals surface area contributed by atoms with Crippen molar-refractivity contribution in [2.75, 3.05) is 12.0 Å². The van der Waals surface area contributed by atoms with Crippen molar-refractivity contribution < 1.29 is 19.4 Å². The van der Waals surface area contributed by atoms with E-state index in [1.54, 1.807) is 24.4 Å². The van der Waals surface area contributed by atoms with Crippen molar-refractivity contribution >= 4 is 40.3 Å². The van der Waals surface area contributed by atoms with Gasteiger partial charge in [-0.25, -0.2) is 19.7 Å². The van der Waals surface area contributed by atoms with E-state index < -0.39 is 6.09 Å². The molecule has 0 saturated carbocycles. The Morgan fingerprint density at radius 2 is 1.97 bits per heavy atom. The minimum atomic E-state index is -1.18. The molecule has 31 heavy (non-hydrogen) atoms. The second kappa shape index (κ2) is 8.41. The quantitative estimate of drug-likeness (QED) is 0.438. The van der Waals surface area contributed by atoms with E-state index in [0.717, 1.165) is 4.90 Å². The highest BCUT2D eigenvalue weighted by Crippen LogP contribution is 2.23. The zero-order valence-electron chi connectivity index (χ0n) is 16.2. The summed E-state index contributed by atoms with van der Waals surface area (Å²) in [5, 5.41) is 10.6. The van der Waals surface area contributed by atoms with Gasteiger partial charge >= 0.3 is 6.09 Å². The van der Waals surface area contributed by atoms with Crippen LogP contribution in [0, 0.1) is 0 Å². The van der Waals surface area contributed by atoms with Gasteiger partial charge in [0.15, 0.2) is 5.78 Å². The molecule has 0 aliphatic rings. The van der Waals surface area contributed by atoms with Gasteiger partial charge in [-0.1, -0.05) is 17.7 Å². The number of hydrogen-bond donors (Lipinski definition) is 2. The monoisotopic (exact) mass is 437 g/mol. The van der Waals surface area contributed by atoms with E-state index in [1.165, 1.54) is 37.8 Å². The van der Waals surface area contributed by atoms with E-state index in [9.17, 15) is 14.7 Å². The standard InChI is InChI=1S/C21H16ClN5O4/c1-31-18-5-2-12(7-24-18)11-27(21(29)30)17-4-3-13(8-23-17)19(28)16-10-26-20-15(16)6-14(22)9-25-20/h2-10H,11H2,1H3,(H,25,26)(H,29,30). The topological polar surface area (TPSA) is 121 Å². The molecule has 10 heteroatoms. The zero-order chi connectivity index (χ0) is 22.0. The Morgan fingerprint density at radius 1 is 1.13 bits per heavy atom. The average Bonchev–Trinajstić information content (AvgIpc) is 3.20. The van der Waals surface area contributed by atoms with Crippen molar-refractivity contribution in [3.05, 3.63) is 76.8 Å². The number of ketones is 1. The molecule has 0 aliphatic carbocycles. The van der Waals surface area contributed by atoms with Crippen LogP contribution in [-0.2, 0) is 6.54 Å². The highest BCUT2D eigenvalue weighted by Gasteiger charge is 2.19. The van der Waals surface area contributed by atoms with E-state index in [4.69, 9.17) is 16.3 Å². The van der Waals surface area contributed by atoms with Gasteiger partial charge in [-0.15, -0.1) is 0 Å². The second-order valence-corrected chi connectivity index (χ2v) is 7.00. The predicted octanol–water partition coefficient (Wildman–Crippen LogP) is 3.93. The number of pyridine rings is 3. The first-order chi connectivity index (χ1) is 15.0. The van der Waals surface area contributed by atoms with Crippen LogP contribution in [0.4, 0.5) is 10.6 Å². The van der Waals surface area contributed by atoms with Crippen LogP contribution in [0.1, 0.15) is 21.5 Å². The SMILES string of the molecule is COc1ccc(CN(C(=O)O)c2ccc(C(=O)c3c[nH]c4ncc(Cl)cc34)cn2)cn1. The van der Waals surface area contributed by atoms with Crippen molar-refractivity contribution in [3.63, 3.8) is 0 Å². The number of H-pyrrole nitrogens is 1. The molecule has 0 bridgehead atoms. The number of methoxy groups -OCH3 is 1. The normalized spacial score (nSPS) is 10.8. The fourth-order valence-corrected chi connectivity index (χ4v) is 3.21. The number of carbonyl (C=O) groups excluding carboxylic acids is 1. The third kappa shape index (κ3) is 4.17. The van der Waals surface area contributed by atoms with E-state index in [0.29, 0.717) is 38.6 Å². The molecule has 0 atom stereocenters. The Morgan fingerprint density at radius 3 is 2.61 bits per heavy atom. The fraction of sp³-hybridized carbons (Fsp3) is 0.0952. The summed E-state index contributed by atoms with van der Waals surface area (Å²) in [6.07, 6.45) is 4.74. The van der Waals surface area contributed by atoms with Gasteiger partial charge in [0.05, 0.1) is 18.7 Å². The van der Waals surface area contributed by atoms with Gasteiger partial charge in [0.25, 0.3) is 0 Å². The smallest absolute Gasteiger partial charge is 0.413 e. The summed E-state index contributed by atoms with van der Waals surface area (Å²) in [6, 6.07) is 8.04. The molecule has 0 radical (unpaired) electrons. The number of aromatic nitrogens is 4. The van der Waals surface area contributed by atoms with Gasteiger partial charge < -0.3 is 14.8 Å². The lowest BCUT2D eigenvalue weighted by atomic mass is 10.1. The molecular weight excluding hydrogens is 422 g/mol. The van der Waals surface area contributed by atoms with Crippen molar-refractivity contribution in [1.82, 2.24) is 19.9 Å². The molecule has 4 aromatic rings. The molecule has 4 heterocycles. The minimum absolute atomic E-state index is 0.0409. The van der Waals surface area contributed by atoms with Gasteiger partial charge in [0.1, 0.15) is 11.5 Å². The van der Waals surface area contributed by atoms with Crippen molar-refractivity contribution in [3.8, 4) is 5.88 Å². The summed E-state index contributed by atoms with van der Waals surface area (Å²) >= 11 is 5.99. The van der Waals surface area contributed by atoms with Crippen LogP contribution >= 0.6 is 11.6 Å². The van der Waals surface area contributed by atoms with Gasteiger partial charge in [0.2, 0.25) is 5.88 Å². The van der Waals surface area contributed by atoms with E-state index in [1.807, 2.05) is 0 Å². The number of carboxylic acid groups (broad SMARTS) is 1. The predicted molar refractivity (Wildman–Crippen MR) is 114 cm³/mol. The Balaban J connectivity index is 1.58. The van der Waals surface area contributed by atoms with Crippen molar-refractivity contribution in [2.45, 2.75) is 6.54 Å². The second-order valence-electron chi connectivity index (χ2n) is 6.56. The molecular formula is C21H16ClN5O4. The van der Waals surface area contributed by atoms with Crippen LogP contribution in [0.15, 0.2) is 55.1 Å². The van der Waals surface area contributed by atoms with Crippen molar-refractivity contribution in [1.29, 1.82) is 0 Å². The maximum absolute atomic E-state index is 12.9. The van der Waals surface area contributed by atoms with E-state index in [2.05, 4.69) is 19.9 Å². The lowest BCUT2D eigenvalue weighted by Gasteiger charge is -2.18. The lowest BCUT2D eigenvalue weighted by molar-refractivity contribution is 0.104. The first kappa shape index (κ1) is 20.3. The first-order valence-corrected chi connectivity index (χ1v) is 9.47. The number of aromatic amines is 1. The number of carbonyl (C=O) groups is 2. The molecule has 0 aliphatic heterocycles. The molecule has 4 rings (SSSR count). The summed E-state index contributed by atoms with van der Waals surface area (Å²) in [7, 11) is 1.50. The molecule has 4 aromatic heterocycles. The van der Waals surface area contributed by atoms with Gasteiger partial charge in [-0.2, -0.15) is 0 Å². The number of ether oxygens (including phenoxy) is 1. The Labute approximate surface area is 181 Å². The third-order valence-corrected chi connectivity index (χ3v) is 4.81. The number of halogens is 1. The molecule has 2 N–H and O–H groups in total. The molecule has 9 nitrogen and oxygen atoms in total. The largest absolute Gasteiger partial charge is 0.481 e. The number of nitrogens with one attached hydrogen (secondary N) is 1. The lowest BCUT2D eigenvalue weighted by Crippen LogP contribution is -2.29. The van der Waals surface area contributed by atoms with Gasteiger partial charge in [-0.3, -0.25) is 9.69 Å². The van der Waals surface area contributed by atoms with Gasteiger partial charge in [-0.05, 0) is 23.8 Å². The van der Waals surface area contributed by atoms with Crippen LogP contribution in [0.3, 0.4) is 0 Å². The first-order valence-electron chi connectivity index (χ1n) is 9.09. The summed E-state index contributed by atoms with van der Waals surface area (Å²) in [5.41, 5.74) is 1.91. The number of nitrogens with zero attached hydrogens (tertiary/aromatic N) is 4. The summed E-state index contributed by atoms with van der Waals surface area (Å²) in [6.45, 7) is 0.0409. The Kier molecular flexibility index (Phi) is 5.50.